The van der Waals surface area contributed by atoms with Crippen molar-refractivity contribution >= 4 is 11.7 Å². The summed E-state index contributed by atoms with van der Waals surface area (Å²) in [6.07, 6.45) is 4.52. The quantitative estimate of drug-likeness (QED) is 0.231. The molecule has 0 radical (unpaired) electrons. The van der Waals surface area contributed by atoms with Crippen LogP contribution in [-0.2, 0) is 0 Å². The van der Waals surface area contributed by atoms with E-state index in [0.717, 1.165) is 12.8 Å². The SMILES string of the molecule is CCCCCCNC(=O)c1ccc(C(N)=NO)cc1. The van der Waals surface area contributed by atoms with Crippen molar-refractivity contribution in [3.63, 3.8) is 0 Å². The average Bonchev–Trinajstić information content (AvgIpc) is 2.46. The standard InChI is InChI=1S/C14H21N3O2/c1-2-3-4-5-10-16-14(18)12-8-6-11(7-9-12)13(15)17-19/h6-9,19H,2-5,10H2,1H3,(H2,15,17)(H,16,18). The van der Waals surface area contributed by atoms with Gasteiger partial charge in [-0.15, -0.1) is 0 Å². The molecule has 0 unspecified atom stereocenters. The van der Waals surface area contributed by atoms with E-state index in [1.165, 1.54) is 12.8 Å². The fraction of sp³-hybridized carbons (Fsp3) is 0.429. The number of nitrogens with zero attached hydrogens (tertiary/aromatic N) is 1. The predicted molar refractivity (Wildman–Crippen MR) is 75.4 cm³/mol. The van der Waals surface area contributed by atoms with Crippen LogP contribution in [0.1, 0.15) is 48.5 Å². The number of nitrogens with two attached hydrogens (primary N) is 1. The molecule has 0 spiro atoms. The summed E-state index contributed by atoms with van der Waals surface area (Å²) in [4.78, 5) is 11.8. The van der Waals surface area contributed by atoms with Gasteiger partial charge in [0.05, 0.1) is 0 Å². The molecule has 0 aliphatic rings. The van der Waals surface area contributed by atoms with Crippen LogP contribution in [0.25, 0.3) is 0 Å². The molecule has 0 fully saturated rings. The van der Waals surface area contributed by atoms with E-state index in [9.17, 15) is 4.79 Å². The minimum absolute atomic E-state index is 0.0338. The van der Waals surface area contributed by atoms with Gasteiger partial charge in [-0.05, 0) is 18.6 Å². The van der Waals surface area contributed by atoms with Crippen LogP contribution in [0.4, 0.5) is 0 Å². The lowest BCUT2D eigenvalue weighted by Crippen LogP contribution is -2.24. The van der Waals surface area contributed by atoms with Crippen LogP contribution in [0.5, 0.6) is 0 Å². The summed E-state index contributed by atoms with van der Waals surface area (Å²) in [5, 5.41) is 14.3. The highest BCUT2D eigenvalue weighted by molar-refractivity contribution is 5.99. The van der Waals surface area contributed by atoms with Crippen molar-refractivity contribution < 1.29 is 10.0 Å². The first-order valence-corrected chi connectivity index (χ1v) is 6.55. The van der Waals surface area contributed by atoms with Gasteiger partial charge in [0.25, 0.3) is 5.91 Å². The van der Waals surface area contributed by atoms with Gasteiger partial charge in [-0.1, -0.05) is 43.5 Å². The van der Waals surface area contributed by atoms with E-state index in [0.29, 0.717) is 17.7 Å². The van der Waals surface area contributed by atoms with Crippen LogP contribution in [-0.4, -0.2) is 23.5 Å². The van der Waals surface area contributed by atoms with Crippen LogP contribution < -0.4 is 11.1 Å². The number of hydrogen-bond donors (Lipinski definition) is 3. The second-order valence-electron chi connectivity index (χ2n) is 4.38. The van der Waals surface area contributed by atoms with E-state index in [1.807, 2.05) is 0 Å². The van der Waals surface area contributed by atoms with Crippen molar-refractivity contribution in [1.29, 1.82) is 0 Å². The Hall–Kier alpha value is -2.04. The molecular formula is C14H21N3O2. The molecular weight excluding hydrogens is 242 g/mol. The van der Waals surface area contributed by atoms with Crippen LogP contribution >= 0.6 is 0 Å². The molecule has 1 amide bonds. The molecule has 0 heterocycles. The number of unbranched alkanes of at least 4 members (excludes halogenated alkanes) is 3. The Morgan fingerprint density at radius 3 is 2.42 bits per heavy atom. The lowest BCUT2D eigenvalue weighted by atomic mass is 10.1. The third-order valence-electron chi connectivity index (χ3n) is 2.87. The molecule has 1 aromatic rings. The second-order valence-corrected chi connectivity index (χ2v) is 4.38. The minimum atomic E-state index is -0.0949. The topological polar surface area (TPSA) is 87.7 Å². The zero-order valence-corrected chi connectivity index (χ0v) is 11.2. The Labute approximate surface area is 113 Å². The molecule has 0 saturated carbocycles. The Bertz CT molecular complexity index is 427. The maximum absolute atomic E-state index is 11.8. The van der Waals surface area contributed by atoms with Crippen molar-refractivity contribution in [2.75, 3.05) is 6.54 Å². The van der Waals surface area contributed by atoms with Crippen molar-refractivity contribution in [3.05, 3.63) is 35.4 Å². The van der Waals surface area contributed by atoms with Crippen LogP contribution in [0.3, 0.4) is 0 Å². The molecule has 5 heteroatoms. The van der Waals surface area contributed by atoms with Crippen molar-refractivity contribution in [2.24, 2.45) is 10.9 Å². The Morgan fingerprint density at radius 2 is 1.84 bits per heavy atom. The molecule has 0 aliphatic carbocycles. The van der Waals surface area contributed by atoms with E-state index < -0.39 is 0 Å². The van der Waals surface area contributed by atoms with E-state index in [4.69, 9.17) is 10.9 Å². The zero-order valence-electron chi connectivity index (χ0n) is 11.2. The normalized spacial score (nSPS) is 11.3. The molecule has 4 N–H and O–H groups in total. The number of carbonyl (C=O) groups is 1. The molecule has 0 aromatic heterocycles. The highest BCUT2D eigenvalue weighted by atomic mass is 16.4. The summed E-state index contributed by atoms with van der Waals surface area (Å²) in [7, 11) is 0. The number of nitrogens with one attached hydrogen (secondary N) is 1. The molecule has 1 aromatic carbocycles. The number of amides is 1. The van der Waals surface area contributed by atoms with E-state index in [1.54, 1.807) is 24.3 Å². The number of benzene rings is 1. The number of amidine groups is 1. The monoisotopic (exact) mass is 263 g/mol. The summed E-state index contributed by atoms with van der Waals surface area (Å²) in [5.74, 6) is -0.0610. The first-order chi connectivity index (χ1) is 9.19. The first-order valence-electron chi connectivity index (χ1n) is 6.55. The number of carbonyl (C=O) groups excluding carboxylic acids is 1. The Kier molecular flexibility index (Phi) is 6.43. The summed E-state index contributed by atoms with van der Waals surface area (Å²) in [5.41, 5.74) is 6.61. The van der Waals surface area contributed by atoms with Crippen LogP contribution in [0.2, 0.25) is 0 Å². The smallest absolute Gasteiger partial charge is 0.251 e. The molecule has 0 atom stereocenters. The lowest BCUT2D eigenvalue weighted by Gasteiger charge is -2.05. The maximum Gasteiger partial charge on any atom is 0.251 e. The van der Waals surface area contributed by atoms with Gasteiger partial charge in [-0.3, -0.25) is 4.79 Å². The minimum Gasteiger partial charge on any atom is -0.409 e. The lowest BCUT2D eigenvalue weighted by molar-refractivity contribution is 0.0953. The van der Waals surface area contributed by atoms with Gasteiger partial charge in [0.1, 0.15) is 0 Å². The van der Waals surface area contributed by atoms with Crippen LogP contribution in [0, 0.1) is 0 Å². The molecule has 0 bridgehead atoms. The highest BCUT2D eigenvalue weighted by Crippen LogP contribution is 2.04. The van der Waals surface area contributed by atoms with Crippen molar-refractivity contribution in [2.45, 2.75) is 32.6 Å². The van der Waals surface area contributed by atoms with E-state index in [2.05, 4.69) is 17.4 Å². The third kappa shape index (κ3) is 4.99. The van der Waals surface area contributed by atoms with Gasteiger partial charge in [0.2, 0.25) is 0 Å². The summed E-state index contributed by atoms with van der Waals surface area (Å²) in [6.45, 7) is 2.85. The second kappa shape index (κ2) is 8.13. The average molecular weight is 263 g/mol. The maximum atomic E-state index is 11.8. The van der Waals surface area contributed by atoms with Gasteiger partial charge in [0, 0.05) is 17.7 Å². The fourth-order valence-corrected chi connectivity index (χ4v) is 1.71. The van der Waals surface area contributed by atoms with Gasteiger partial charge >= 0.3 is 0 Å². The van der Waals surface area contributed by atoms with Crippen LogP contribution in [0.15, 0.2) is 29.4 Å². The molecule has 104 valence electrons. The number of rotatable bonds is 7. The summed E-state index contributed by atoms with van der Waals surface area (Å²) < 4.78 is 0. The summed E-state index contributed by atoms with van der Waals surface area (Å²) in [6, 6.07) is 6.63. The number of hydrogen-bond acceptors (Lipinski definition) is 3. The highest BCUT2D eigenvalue weighted by Gasteiger charge is 2.05. The van der Waals surface area contributed by atoms with Gasteiger partial charge in [0.15, 0.2) is 5.84 Å². The Morgan fingerprint density at radius 1 is 1.21 bits per heavy atom. The van der Waals surface area contributed by atoms with Gasteiger partial charge in [-0.2, -0.15) is 0 Å². The van der Waals surface area contributed by atoms with Crippen molar-refractivity contribution in [1.82, 2.24) is 5.32 Å². The predicted octanol–water partition coefficient (Wildman–Crippen LogP) is 2.09. The van der Waals surface area contributed by atoms with Gasteiger partial charge in [-0.25, -0.2) is 0 Å². The van der Waals surface area contributed by atoms with Gasteiger partial charge < -0.3 is 16.3 Å². The Balaban J connectivity index is 2.45. The largest absolute Gasteiger partial charge is 0.409 e. The summed E-state index contributed by atoms with van der Waals surface area (Å²) >= 11 is 0. The molecule has 1 rings (SSSR count). The molecule has 0 aliphatic heterocycles. The molecule has 19 heavy (non-hydrogen) atoms. The fourth-order valence-electron chi connectivity index (χ4n) is 1.71. The van der Waals surface area contributed by atoms with Crippen molar-refractivity contribution in [3.8, 4) is 0 Å². The molecule has 0 saturated heterocycles. The first kappa shape index (κ1) is 15.0. The van der Waals surface area contributed by atoms with E-state index in [-0.39, 0.29) is 11.7 Å². The third-order valence-corrected chi connectivity index (χ3v) is 2.87. The number of oxime groups is 1. The van der Waals surface area contributed by atoms with E-state index >= 15 is 0 Å². The zero-order chi connectivity index (χ0) is 14.1. The molecule has 5 nitrogen and oxygen atoms in total.